The van der Waals surface area contributed by atoms with E-state index < -0.39 is 0 Å². The molecule has 1 N–H and O–H groups in total. The van der Waals surface area contributed by atoms with Crippen molar-refractivity contribution >= 4 is 31.9 Å². The van der Waals surface area contributed by atoms with Gasteiger partial charge in [-0.05, 0) is 0 Å². The van der Waals surface area contributed by atoms with E-state index in [4.69, 9.17) is 5.11 Å². The van der Waals surface area contributed by atoms with Gasteiger partial charge in [-0.3, -0.25) is 0 Å². The highest BCUT2D eigenvalue weighted by molar-refractivity contribution is 9.12. The van der Waals surface area contributed by atoms with E-state index in [-0.39, 0.29) is 6.61 Å². The van der Waals surface area contributed by atoms with Gasteiger partial charge < -0.3 is 5.11 Å². The minimum Gasteiger partial charge on any atom is -0.392 e. The SMILES string of the molecule is C=C/C(Br)=C(/CO)C(=C)Br. The zero-order chi connectivity index (χ0) is 8.15. The monoisotopic (exact) mass is 266 g/mol. The van der Waals surface area contributed by atoms with Crippen molar-refractivity contribution in [2.24, 2.45) is 0 Å². The van der Waals surface area contributed by atoms with E-state index in [1.807, 2.05) is 0 Å². The van der Waals surface area contributed by atoms with E-state index in [1.54, 1.807) is 6.08 Å². The highest BCUT2D eigenvalue weighted by Crippen LogP contribution is 2.22. The molecule has 0 aliphatic heterocycles. The van der Waals surface area contributed by atoms with Crippen LogP contribution in [0.4, 0.5) is 0 Å². The molecular formula is C7H8Br2O. The molecule has 0 unspecified atom stereocenters. The highest BCUT2D eigenvalue weighted by Gasteiger charge is 2.00. The van der Waals surface area contributed by atoms with Crippen molar-refractivity contribution in [1.82, 2.24) is 0 Å². The number of halogens is 2. The molecule has 0 heterocycles. The summed E-state index contributed by atoms with van der Waals surface area (Å²) in [4.78, 5) is 0. The topological polar surface area (TPSA) is 20.2 Å². The van der Waals surface area contributed by atoms with Crippen LogP contribution in [0.15, 0.2) is 33.8 Å². The Morgan fingerprint density at radius 2 is 2.00 bits per heavy atom. The Labute approximate surface area is 77.4 Å². The zero-order valence-corrected chi connectivity index (χ0v) is 8.57. The molecule has 0 aliphatic carbocycles. The molecule has 0 saturated heterocycles. The fourth-order valence-electron chi connectivity index (χ4n) is 0.414. The molecule has 0 rings (SSSR count). The normalized spacial score (nSPS) is 12.3. The molecule has 0 bridgehead atoms. The van der Waals surface area contributed by atoms with Crippen molar-refractivity contribution in [3.05, 3.63) is 33.8 Å². The first-order valence-electron chi connectivity index (χ1n) is 2.60. The predicted octanol–water partition coefficient (Wildman–Crippen LogP) is 2.72. The van der Waals surface area contributed by atoms with E-state index >= 15 is 0 Å². The average molecular weight is 268 g/mol. The lowest BCUT2D eigenvalue weighted by Crippen LogP contribution is -1.90. The van der Waals surface area contributed by atoms with Crippen LogP contribution in [0.2, 0.25) is 0 Å². The van der Waals surface area contributed by atoms with Gasteiger partial charge in [0.1, 0.15) is 0 Å². The highest BCUT2D eigenvalue weighted by atomic mass is 79.9. The van der Waals surface area contributed by atoms with Gasteiger partial charge in [0.15, 0.2) is 0 Å². The fourth-order valence-corrected chi connectivity index (χ4v) is 1.38. The second-order valence-corrected chi connectivity index (χ2v) is 3.41. The van der Waals surface area contributed by atoms with E-state index in [1.165, 1.54) is 0 Å². The summed E-state index contributed by atoms with van der Waals surface area (Å²) in [6, 6.07) is 0. The third-order valence-corrected chi connectivity index (χ3v) is 2.23. The minimum absolute atomic E-state index is 0.0450. The number of aliphatic hydroxyl groups is 1. The molecule has 0 radical (unpaired) electrons. The Balaban J connectivity index is 4.62. The van der Waals surface area contributed by atoms with Crippen molar-refractivity contribution in [3.8, 4) is 0 Å². The van der Waals surface area contributed by atoms with Crippen molar-refractivity contribution in [1.29, 1.82) is 0 Å². The Morgan fingerprint density at radius 3 is 2.10 bits per heavy atom. The van der Waals surface area contributed by atoms with Crippen LogP contribution in [0, 0.1) is 0 Å². The van der Waals surface area contributed by atoms with Crippen LogP contribution < -0.4 is 0 Å². The van der Waals surface area contributed by atoms with E-state index in [9.17, 15) is 0 Å². The van der Waals surface area contributed by atoms with E-state index in [0.717, 1.165) is 10.1 Å². The van der Waals surface area contributed by atoms with Crippen LogP contribution in [-0.4, -0.2) is 11.7 Å². The maximum Gasteiger partial charge on any atom is 0.0703 e. The van der Waals surface area contributed by atoms with E-state index in [0.29, 0.717) is 4.48 Å². The molecule has 0 aliphatic rings. The van der Waals surface area contributed by atoms with Gasteiger partial charge >= 0.3 is 0 Å². The van der Waals surface area contributed by atoms with Crippen LogP contribution in [0.1, 0.15) is 0 Å². The van der Waals surface area contributed by atoms with Crippen molar-refractivity contribution in [3.63, 3.8) is 0 Å². The molecule has 0 aromatic rings. The first kappa shape index (κ1) is 10.1. The largest absolute Gasteiger partial charge is 0.392 e. The van der Waals surface area contributed by atoms with Gasteiger partial charge in [0, 0.05) is 14.5 Å². The lowest BCUT2D eigenvalue weighted by molar-refractivity contribution is 0.334. The van der Waals surface area contributed by atoms with Crippen molar-refractivity contribution in [2.75, 3.05) is 6.61 Å². The van der Waals surface area contributed by atoms with Gasteiger partial charge in [-0.25, -0.2) is 0 Å². The van der Waals surface area contributed by atoms with Crippen molar-refractivity contribution < 1.29 is 5.11 Å². The van der Waals surface area contributed by atoms with Crippen LogP contribution in [0.25, 0.3) is 0 Å². The molecule has 0 aromatic carbocycles. The number of allylic oxidation sites excluding steroid dienone is 2. The number of hydrogen-bond donors (Lipinski definition) is 1. The molecule has 56 valence electrons. The first-order valence-corrected chi connectivity index (χ1v) is 4.18. The standard InChI is InChI=1S/C7H8Br2O/c1-3-7(9)6(4-10)5(2)8/h3,10H,1-2,4H2/b7-6+. The maximum atomic E-state index is 8.77. The summed E-state index contributed by atoms with van der Waals surface area (Å²) in [7, 11) is 0. The lowest BCUT2D eigenvalue weighted by atomic mass is 10.2. The zero-order valence-electron chi connectivity index (χ0n) is 5.40. The molecule has 3 heteroatoms. The summed E-state index contributed by atoms with van der Waals surface area (Å²) in [6.45, 7) is 7.11. The van der Waals surface area contributed by atoms with Crippen LogP contribution in [-0.2, 0) is 0 Å². The molecular weight excluding hydrogens is 260 g/mol. The average Bonchev–Trinajstić information content (AvgIpc) is 1.88. The lowest BCUT2D eigenvalue weighted by Gasteiger charge is -2.01. The van der Waals surface area contributed by atoms with Gasteiger partial charge in [0.05, 0.1) is 6.61 Å². The second-order valence-electron chi connectivity index (χ2n) is 1.59. The predicted molar refractivity (Wildman–Crippen MR) is 51.3 cm³/mol. The van der Waals surface area contributed by atoms with Crippen LogP contribution >= 0.6 is 31.9 Å². The van der Waals surface area contributed by atoms with E-state index in [2.05, 4.69) is 45.0 Å². The molecule has 0 aromatic heterocycles. The third-order valence-electron chi connectivity index (χ3n) is 0.953. The van der Waals surface area contributed by atoms with Gasteiger partial charge in [-0.2, -0.15) is 0 Å². The molecule has 0 spiro atoms. The molecule has 0 saturated carbocycles. The maximum absolute atomic E-state index is 8.77. The molecule has 0 atom stereocenters. The number of rotatable bonds is 3. The second kappa shape index (κ2) is 4.88. The smallest absolute Gasteiger partial charge is 0.0703 e. The van der Waals surface area contributed by atoms with Crippen molar-refractivity contribution in [2.45, 2.75) is 0 Å². The minimum atomic E-state index is -0.0450. The third kappa shape index (κ3) is 2.82. The summed E-state index contributed by atoms with van der Waals surface area (Å²) in [5, 5.41) is 8.77. The Kier molecular flexibility index (Phi) is 4.95. The summed E-state index contributed by atoms with van der Waals surface area (Å²) >= 11 is 6.37. The molecule has 0 fully saturated rings. The Bertz CT molecular complexity index is 182. The molecule has 1 nitrogen and oxygen atoms in total. The van der Waals surface area contributed by atoms with Crippen LogP contribution in [0.5, 0.6) is 0 Å². The quantitative estimate of drug-likeness (QED) is 0.780. The fraction of sp³-hybridized carbons (Fsp3) is 0.143. The van der Waals surface area contributed by atoms with Crippen LogP contribution in [0.3, 0.4) is 0 Å². The van der Waals surface area contributed by atoms with Gasteiger partial charge in [0.2, 0.25) is 0 Å². The van der Waals surface area contributed by atoms with Gasteiger partial charge in [0.25, 0.3) is 0 Å². The van der Waals surface area contributed by atoms with Gasteiger partial charge in [-0.1, -0.05) is 51.1 Å². The number of aliphatic hydroxyl groups excluding tert-OH is 1. The molecule has 0 amide bonds. The summed E-state index contributed by atoms with van der Waals surface area (Å²) < 4.78 is 1.43. The summed E-state index contributed by atoms with van der Waals surface area (Å²) in [6.07, 6.45) is 1.61. The Hall–Kier alpha value is 0.140. The number of hydrogen-bond acceptors (Lipinski definition) is 1. The molecule has 10 heavy (non-hydrogen) atoms. The Morgan fingerprint density at radius 1 is 1.50 bits per heavy atom. The summed E-state index contributed by atoms with van der Waals surface area (Å²) in [5.41, 5.74) is 0.718. The first-order chi connectivity index (χ1) is 4.63. The van der Waals surface area contributed by atoms with Gasteiger partial charge in [-0.15, -0.1) is 0 Å². The summed E-state index contributed by atoms with van der Waals surface area (Å²) in [5.74, 6) is 0.